The van der Waals surface area contributed by atoms with E-state index in [1.54, 1.807) is 30.5 Å². The minimum Gasteiger partial charge on any atom is -0.504 e. The summed E-state index contributed by atoms with van der Waals surface area (Å²) in [6.07, 6.45) is 9.80. The van der Waals surface area contributed by atoms with Crippen molar-refractivity contribution in [1.29, 1.82) is 0 Å². The summed E-state index contributed by atoms with van der Waals surface area (Å²) in [5, 5.41) is 67.0. The summed E-state index contributed by atoms with van der Waals surface area (Å²) >= 11 is 0. The number of aliphatic hydroxyl groups excluding tert-OH is 3. The van der Waals surface area contributed by atoms with Crippen molar-refractivity contribution in [3.63, 3.8) is 0 Å². The first kappa shape index (κ1) is 41.6. The Morgan fingerprint density at radius 2 is 1.78 bits per heavy atom. The topological polar surface area (TPSA) is 226 Å². The van der Waals surface area contributed by atoms with Crippen LogP contribution in [0.5, 0.6) is 28.7 Å². The Morgan fingerprint density at radius 3 is 2.48 bits per heavy atom. The average Bonchev–Trinajstić information content (AvgIpc) is 3.84. The van der Waals surface area contributed by atoms with Gasteiger partial charge in [0.15, 0.2) is 29.8 Å². The molecule has 0 amide bonds. The van der Waals surface area contributed by atoms with Gasteiger partial charge in [0.05, 0.1) is 31.3 Å². The predicted octanol–water partition coefficient (Wildman–Crippen LogP) is 4.96. The molecule has 2 aromatic carbocycles. The quantitative estimate of drug-likeness (QED) is 0.0797. The SMILES string of the molecule is COc1cc(C2OC(CCc3ccc(O)c(OCO)c3)CC(O)C2CCO)cc(OCC2NC(C)CC3(CCCC3)C23C(C(=O)O)C=CC3c2ccnc(N)c2)c1O. The number of aliphatic hydroxyl groups is 3. The van der Waals surface area contributed by atoms with Crippen molar-refractivity contribution < 1.29 is 54.4 Å². The normalized spacial score (nSPS) is 30.2. The monoisotopic (exact) mass is 803 g/mol. The number of rotatable bonds is 14. The zero-order valence-corrected chi connectivity index (χ0v) is 33.1. The molecule has 7 rings (SSSR count). The smallest absolute Gasteiger partial charge is 0.311 e. The first-order chi connectivity index (χ1) is 27.9. The van der Waals surface area contributed by atoms with Crippen LogP contribution in [-0.2, 0) is 16.0 Å². The molecule has 9 atom stereocenters. The summed E-state index contributed by atoms with van der Waals surface area (Å²) in [5.41, 5.74) is 7.37. The van der Waals surface area contributed by atoms with Gasteiger partial charge in [0.1, 0.15) is 12.4 Å². The number of methoxy groups -OCH3 is 1. The Morgan fingerprint density at radius 1 is 1.00 bits per heavy atom. The van der Waals surface area contributed by atoms with Crippen molar-refractivity contribution >= 4 is 11.8 Å². The number of ether oxygens (including phenoxy) is 4. The van der Waals surface area contributed by atoms with Crippen LogP contribution in [0.4, 0.5) is 5.82 Å². The number of aromatic hydroxyl groups is 2. The molecule has 58 heavy (non-hydrogen) atoms. The number of carboxylic acid groups (broad SMARTS) is 1. The number of nitrogens with zero attached hydrogens (tertiary/aromatic N) is 1. The van der Waals surface area contributed by atoms with E-state index >= 15 is 0 Å². The number of carbonyl (C=O) groups is 1. The van der Waals surface area contributed by atoms with Crippen LogP contribution in [0.1, 0.15) is 87.0 Å². The van der Waals surface area contributed by atoms with Crippen molar-refractivity contribution in [3.8, 4) is 28.7 Å². The second kappa shape index (κ2) is 17.3. The van der Waals surface area contributed by atoms with Gasteiger partial charge in [-0.15, -0.1) is 0 Å². The first-order valence-electron chi connectivity index (χ1n) is 20.4. The van der Waals surface area contributed by atoms with Crippen LogP contribution in [0.25, 0.3) is 0 Å². The molecule has 0 radical (unpaired) electrons. The number of hydrogen-bond acceptors (Lipinski definition) is 13. The number of phenolic OH excluding ortho intramolecular Hbond substituents is 2. The number of piperidine rings is 1. The number of phenols is 2. The van der Waals surface area contributed by atoms with Gasteiger partial charge in [0, 0.05) is 42.1 Å². The molecular formula is C44H57N3O11. The van der Waals surface area contributed by atoms with Gasteiger partial charge in [-0.2, -0.15) is 0 Å². The van der Waals surface area contributed by atoms with Crippen LogP contribution in [0.15, 0.2) is 60.8 Å². The van der Waals surface area contributed by atoms with E-state index < -0.39 is 54.4 Å². The number of anilines is 1. The molecule has 9 N–H and O–H groups in total. The molecule has 1 saturated carbocycles. The Hall–Kier alpha value is -4.60. The molecule has 3 aromatic rings. The Bertz CT molecular complexity index is 1950. The summed E-state index contributed by atoms with van der Waals surface area (Å²) in [7, 11) is 1.44. The second-order valence-corrected chi connectivity index (χ2v) is 16.6. The number of aryl methyl sites for hydroxylation is 1. The lowest BCUT2D eigenvalue weighted by molar-refractivity contribution is -0.158. The minimum atomic E-state index is -0.901. The molecule has 3 fully saturated rings. The summed E-state index contributed by atoms with van der Waals surface area (Å²) < 4.78 is 24.1. The summed E-state index contributed by atoms with van der Waals surface area (Å²) in [6, 6.07) is 11.6. The molecular weight excluding hydrogens is 746 g/mol. The van der Waals surface area contributed by atoms with Gasteiger partial charge in [0.2, 0.25) is 5.75 Å². The molecule has 2 aliphatic carbocycles. The lowest BCUT2D eigenvalue weighted by Gasteiger charge is -2.61. The number of allylic oxidation sites excluding steroid dienone is 1. The number of pyridine rings is 1. The molecule has 9 unspecified atom stereocenters. The molecule has 2 saturated heterocycles. The predicted molar refractivity (Wildman–Crippen MR) is 214 cm³/mol. The van der Waals surface area contributed by atoms with Gasteiger partial charge in [0.25, 0.3) is 0 Å². The number of carboxylic acids is 1. The van der Waals surface area contributed by atoms with Gasteiger partial charge in [-0.05, 0) is 110 Å². The van der Waals surface area contributed by atoms with Gasteiger partial charge in [-0.25, -0.2) is 4.98 Å². The minimum absolute atomic E-state index is 0.0280. The molecule has 2 aliphatic heterocycles. The van der Waals surface area contributed by atoms with Crippen molar-refractivity contribution in [2.24, 2.45) is 22.7 Å². The summed E-state index contributed by atoms with van der Waals surface area (Å²) in [5.74, 6) is -2.04. The third-order valence-electron chi connectivity index (χ3n) is 13.4. The van der Waals surface area contributed by atoms with E-state index in [9.17, 15) is 35.4 Å². The highest BCUT2D eigenvalue weighted by Crippen LogP contribution is 2.69. The molecule has 0 bridgehead atoms. The van der Waals surface area contributed by atoms with E-state index in [-0.39, 0.29) is 65.8 Å². The van der Waals surface area contributed by atoms with Gasteiger partial charge >= 0.3 is 5.97 Å². The molecule has 1 aromatic heterocycles. The molecule has 3 heterocycles. The number of nitrogens with one attached hydrogen (secondary N) is 1. The van der Waals surface area contributed by atoms with Crippen molar-refractivity contribution in [2.75, 3.05) is 32.9 Å². The van der Waals surface area contributed by atoms with Crippen molar-refractivity contribution in [2.45, 2.75) is 101 Å². The maximum atomic E-state index is 13.3. The van der Waals surface area contributed by atoms with Crippen molar-refractivity contribution in [3.05, 3.63) is 77.5 Å². The van der Waals surface area contributed by atoms with E-state index in [0.717, 1.165) is 43.2 Å². The van der Waals surface area contributed by atoms with Crippen LogP contribution in [-0.4, -0.2) is 93.0 Å². The molecule has 4 aliphatic rings. The maximum absolute atomic E-state index is 13.3. The number of nitrogens with two attached hydrogens (primary N) is 1. The van der Waals surface area contributed by atoms with Crippen molar-refractivity contribution in [1.82, 2.24) is 10.3 Å². The van der Waals surface area contributed by atoms with E-state index in [1.807, 2.05) is 24.3 Å². The van der Waals surface area contributed by atoms with E-state index in [2.05, 4.69) is 17.2 Å². The highest BCUT2D eigenvalue weighted by atomic mass is 16.6. The fraction of sp³-hybridized carbons (Fsp3) is 0.545. The Kier molecular flexibility index (Phi) is 12.4. The Labute approximate surface area is 338 Å². The van der Waals surface area contributed by atoms with Crippen LogP contribution in [0, 0.1) is 22.7 Å². The number of aliphatic carboxylic acids is 1. The number of hydrogen-bond donors (Lipinski definition) is 8. The summed E-state index contributed by atoms with van der Waals surface area (Å²) in [4.78, 5) is 17.6. The third-order valence-corrected chi connectivity index (χ3v) is 13.4. The lowest BCUT2D eigenvalue weighted by Crippen LogP contribution is -2.68. The van der Waals surface area contributed by atoms with E-state index in [1.165, 1.54) is 13.2 Å². The highest BCUT2D eigenvalue weighted by molar-refractivity contribution is 5.76. The van der Waals surface area contributed by atoms with E-state index in [4.69, 9.17) is 24.7 Å². The lowest BCUT2D eigenvalue weighted by atomic mass is 9.46. The van der Waals surface area contributed by atoms with Gasteiger partial charge in [-0.1, -0.05) is 31.1 Å². The first-order valence-corrected chi connectivity index (χ1v) is 20.4. The molecule has 14 nitrogen and oxygen atoms in total. The van der Waals surface area contributed by atoms with Crippen LogP contribution in [0.3, 0.4) is 0 Å². The molecule has 2 spiro atoms. The van der Waals surface area contributed by atoms with E-state index in [0.29, 0.717) is 30.6 Å². The maximum Gasteiger partial charge on any atom is 0.311 e. The van der Waals surface area contributed by atoms with Crippen LogP contribution in [0.2, 0.25) is 0 Å². The van der Waals surface area contributed by atoms with Crippen LogP contribution >= 0.6 is 0 Å². The standard InChI is InChI=1S/C44H57N3O11/c1-25-22-43(13-3-4-14-43)44(31(8-9-32(44)42(53)54)27-11-15-46-39(45)20-27)38(47-25)23-56-37-19-28(18-36(55-2)40(37)52)41-30(12-16-48)34(51)21-29(58-41)7-5-26-6-10-33(50)35(17-26)57-24-49/h6,8-11,15,17-20,25,29-32,34,38,41,47-52H,3-5,7,12-14,16,21-24H2,1-2H3,(H2,45,46)(H,53,54). The largest absolute Gasteiger partial charge is 0.504 e. The Balaban J connectivity index is 1.21. The van der Waals surface area contributed by atoms with Gasteiger partial charge in [-0.3, -0.25) is 4.79 Å². The number of nitrogen functional groups attached to an aromatic ring is 1. The highest BCUT2D eigenvalue weighted by Gasteiger charge is 2.68. The third kappa shape index (κ3) is 7.68. The van der Waals surface area contributed by atoms with Gasteiger partial charge < -0.3 is 60.6 Å². The fourth-order valence-corrected chi connectivity index (χ4v) is 11.2. The zero-order chi connectivity index (χ0) is 41.2. The zero-order valence-electron chi connectivity index (χ0n) is 33.1. The second-order valence-electron chi connectivity index (χ2n) is 16.6. The average molecular weight is 804 g/mol. The van der Waals surface area contributed by atoms with Crippen LogP contribution < -0.4 is 25.3 Å². The summed E-state index contributed by atoms with van der Waals surface area (Å²) in [6.45, 7) is 1.40. The fourth-order valence-electron chi connectivity index (χ4n) is 11.2. The number of aromatic nitrogens is 1. The molecule has 14 heteroatoms. The number of benzene rings is 2. The number of fused-ring (bicyclic) bond motifs is 1. The molecule has 314 valence electrons.